The van der Waals surface area contributed by atoms with Gasteiger partial charge in [-0.2, -0.15) is 8.42 Å². The van der Waals surface area contributed by atoms with Crippen molar-refractivity contribution >= 4 is 16.1 Å². The molecule has 1 fully saturated rings. The molecular weight excluding hydrogens is 268 g/mol. The highest BCUT2D eigenvalue weighted by Gasteiger charge is 2.44. The number of esters is 1. The van der Waals surface area contributed by atoms with Crippen molar-refractivity contribution in [3.8, 4) is 0 Å². The molecule has 0 amide bonds. The number of rotatable bonds is 9. The van der Waals surface area contributed by atoms with Crippen molar-refractivity contribution in [2.45, 2.75) is 52.1 Å². The molecule has 0 radical (unpaired) electrons. The minimum absolute atomic E-state index is 0.0717. The molecule has 5 nitrogen and oxygen atoms in total. The first-order valence-electron chi connectivity index (χ1n) is 6.90. The Morgan fingerprint density at radius 3 is 2.53 bits per heavy atom. The second-order valence-electron chi connectivity index (χ2n) is 5.32. The summed E-state index contributed by atoms with van der Waals surface area (Å²) in [5, 5.41) is 0. The van der Waals surface area contributed by atoms with Crippen LogP contribution in [0, 0.1) is 11.8 Å². The van der Waals surface area contributed by atoms with E-state index in [1.54, 1.807) is 0 Å². The lowest BCUT2D eigenvalue weighted by Crippen LogP contribution is -2.49. The molecule has 1 rings (SSSR count). The molecule has 6 heteroatoms. The van der Waals surface area contributed by atoms with E-state index in [1.807, 2.05) is 6.92 Å². The van der Waals surface area contributed by atoms with Gasteiger partial charge in [-0.15, -0.1) is 0 Å². The van der Waals surface area contributed by atoms with Crippen LogP contribution in [-0.4, -0.2) is 33.4 Å². The highest BCUT2D eigenvalue weighted by atomic mass is 32.2. The number of unbranched alkanes of at least 4 members (excludes halogenated alkanes) is 3. The summed E-state index contributed by atoms with van der Waals surface area (Å²) in [7, 11) is -3.43. The highest BCUT2D eigenvalue weighted by Crippen LogP contribution is 2.33. The van der Waals surface area contributed by atoms with E-state index in [1.165, 1.54) is 6.42 Å². The normalized spacial score (nSPS) is 24.7. The van der Waals surface area contributed by atoms with Crippen molar-refractivity contribution in [3.63, 3.8) is 0 Å². The van der Waals surface area contributed by atoms with Gasteiger partial charge in [-0.1, -0.05) is 39.5 Å². The van der Waals surface area contributed by atoms with E-state index in [-0.39, 0.29) is 30.5 Å². The minimum atomic E-state index is -3.43. The van der Waals surface area contributed by atoms with Crippen LogP contribution in [0.15, 0.2) is 0 Å². The molecule has 1 saturated heterocycles. The number of hydrogen-bond donors (Lipinski definition) is 0. The fourth-order valence-electron chi connectivity index (χ4n) is 2.28. The zero-order valence-corrected chi connectivity index (χ0v) is 12.7. The summed E-state index contributed by atoms with van der Waals surface area (Å²) in [6, 6.07) is 0. The maximum Gasteiger partial charge on any atom is 0.313 e. The van der Waals surface area contributed by atoms with E-state index in [0.717, 1.165) is 31.9 Å². The van der Waals surface area contributed by atoms with Crippen LogP contribution in [0.25, 0.3) is 0 Å². The molecule has 1 aliphatic heterocycles. The molecule has 19 heavy (non-hydrogen) atoms. The van der Waals surface area contributed by atoms with Gasteiger partial charge in [0.2, 0.25) is 0 Å². The Labute approximate surface area is 115 Å². The summed E-state index contributed by atoms with van der Waals surface area (Å²) in [6.07, 6.45) is 6.14. The first kappa shape index (κ1) is 16.4. The van der Waals surface area contributed by atoms with Crippen LogP contribution in [0.3, 0.4) is 0 Å². The van der Waals surface area contributed by atoms with Gasteiger partial charge in [0, 0.05) is 5.92 Å². The number of carbonyl (C=O) groups is 1. The Morgan fingerprint density at radius 2 is 2.00 bits per heavy atom. The Kier molecular flexibility index (Phi) is 6.26. The van der Waals surface area contributed by atoms with Gasteiger partial charge in [0.1, 0.15) is 6.10 Å². The largest absolute Gasteiger partial charge is 0.461 e. The third kappa shape index (κ3) is 5.48. The van der Waals surface area contributed by atoms with Gasteiger partial charge in [-0.3, -0.25) is 8.98 Å². The van der Waals surface area contributed by atoms with E-state index in [4.69, 9.17) is 8.92 Å². The van der Waals surface area contributed by atoms with Crippen LogP contribution < -0.4 is 0 Å². The number of ether oxygens (including phenoxy) is 1. The molecular formula is C13H24O5S. The summed E-state index contributed by atoms with van der Waals surface area (Å²) in [5.74, 6) is -0.341. The minimum Gasteiger partial charge on any atom is -0.461 e. The first-order chi connectivity index (χ1) is 8.85. The average molecular weight is 292 g/mol. The van der Waals surface area contributed by atoms with E-state index >= 15 is 0 Å². The standard InChI is InChI=1S/C13H24O5S/c1-4-5-6-7-8-11-12(18-13(11)14)10(2)9-17-19(3,15)16/h10-12H,4-9H2,1-3H3/t10?,11-,12-/m1/s1. The maximum atomic E-state index is 11.4. The predicted octanol–water partition coefficient (Wildman–Crippen LogP) is 2.11. The smallest absolute Gasteiger partial charge is 0.313 e. The lowest BCUT2D eigenvalue weighted by atomic mass is 9.84. The Bertz CT molecular complexity index is 390. The Morgan fingerprint density at radius 1 is 1.32 bits per heavy atom. The molecule has 112 valence electrons. The van der Waals surface area contributed by atoms with Crippen LogP contribution in [0.4, 0.5) is 0 Å². The molecule has 1 aliphatic rings. The molecule has 1 unspecified atom stereocenters. The van der Waals surface area contributed by atoms with Gasteiger partial charge in [0.15, 0.2) is 0 Å². The fraction of sp³-hybridized carbons (Fsp3) is 0.923. The van der Waals surface area contributed by atoms with Crippen molar-refractivity contribution in [1.29, 1.82) is 0 Å². The Hall–Kier alpha value is -0.620. The zero-order valence-electron chi connectivity index (χ0n) is 11.9. The van der Waals surface area contributed by atoms with Crippen molar-refractivity contribution in [2.24, 2.45) is 11.8 Å². The third-order valence-corrected chi connectivity index (χ3v) is 3.99. The number of carbonyl (C=O) groups excluding carboxylic acids is 1. The number of cyclic esters (lactones) is 1. The molecule has 0 bridgehead atoms. The summed E-state index contributed by atoms with van der Waals surface area (Å²) in [6.45, 7) is 4.06. The summed E-state index contributed by atoms with van der Waals surface area (Å²) < 4.78 is 31.7. The van der Waals surface area contributed by atoms with Crippen molar-refractivity contribution in [1.82, 2.24) is 0 Å². The molecule has 0 aromatic heterocycles. The molecule has 0 N–H and O–H groups in total. The van der Waals surface area contributed by atoms with Crippen molar-refractivity contribution < 1.29 is 22.1 Å². The zero-order chi connectivity index (χ0) is 14.5. The summed E-state index contributed by atoms with van der Waals surface area (Å²) in [5.41, 5.74) is 0. The van der Waals surface area contributed by atoms with Crippen LogP contribution in [0.5, 0.6) is 0 Å². The van der Waals surface area contributed by atoms with Crippen molar-refractivity contribution in [3.05, 3.63) is 0 Å². The third-order valence-electron chi connectivity index (χ3n) is 3.43. The van der Waals surface area contributed by atoms with Gasteiger partial charge in [0.25, 0.3) is 10.1 Å². The lowest BCUT2D eigenvalue weighted by Gasteiger charge is -2.38. The fourth-order valence-corrected chi connectivity index (χ4v) is 2.74. The van der Waals surface area contributed by atoms with Crippen molar-refractivity contribution in [2.75, 3.05) is 12.9 Å². The average Bonchev–Trinajstić information content (AvgIpc) is 2.31. The van der Waals surface area contributed by atoms with Crippen LogP contribution in [-0.2, 0) is 23.8 Å². The molecule has 1 heterocycles. The molecule has 0 saturated carbocycles. The van der Waals surface area contributed by atoms with E-state index in [0.29, 0.717) is 0 Å². The predicted molar refractivity (Wildman–Crippen MR) is 72.1 cm³/mol. The number of hydrogen-bond acceptors (Lipinski definition) is 5. The second kappa shape index (κ2) is 7.24. The van der Waals surface area contributed by atoms with E-state index in [2.05, 4.69) is 6.92 Å². The molecule has 0 spiro atoms. The SMILES string of the molecule is CCCCCC[C@H]1C(=O)O[C@@H]1C(C)COS(C)(=O)=O. The van der Waals surface area contributed by atoms with Gasteiger partial charge in [-0.05, 0) is 6.42 Å². The Balaban J connectivity index is 2.34. The van der Waals surface area contributed by atoms with E-state index < -0.39 is 10.1 Å². The summed E-state index contributed by atoms with van der Waals surface area (Å²) in [4.78, 5) is 11.4. The summed E-state index contributed by atoms with van der Waals surface area (Å²) >= 11 is 0. The lowest BCUT2D eigenvalue weighted by molar-refractivity contribution is -0.192. The quantitative estimate of drug-likeness (QED) is 0.370. The van der Waals surface area contributed by atoms with Gasteiger partial charge in [-0.25, -0.2) is 0 Å². The van der Waals surface area contributed by atoms with Crippen LogP contribution in [0.2, 0.25) is 0 Å². The van der Waals surface area contributed by atoms with E-state index in [9.17, 15) is 13.2 Å². The van der Waals surface area contributed by atoms with Crippen LogP contribution in [0.1, 0.15) is 46.0 Å². The molecule has 3 atom stereocenters. The second-order valence-corrected chi connectivity index (χ2v) is 6.97. The topological polar surface area (TPSA) is 69.7 Å². The van der Waals surface area contributed by atoms with Gasteiger partial charge < -0.3 is 4.74 Å². The highest BCUT2D eigenvalue weighted by molar-refractivity contribution is 7.85. The molecule has 0 aromatic rings. The monoisotopic (exact) mass is 292 g/mol. The van der Waals surface area contributed by atoms with Crippen LogP contribution >= 0.6 is 0 Å². The maximum absolute atomic E-state index is 11.4. The van der Waals surface area contributed by atoms with Gasteiger partial charge >= 0.3 is 5.97 Å². The molecule has 0 aromatic carbocycles. The van der Waals surface area contributed by atoms with Gasteiger partial charge in [0.05, 0.1) is 18.8 Å². The first-order valence-corrected chi connectivity index (χ1v) is 8.71. The molecule has 0 aliphatic carbocycles.